The van der Waals surface area contributed by atoms with Gasteiger partial charge in [-0.05, 0) is 12.1 Å². The van der Waals surface area contributed by atoms with Crippen molar-refractivity contribution in [2.75, 3.05) is 19.5 Å². The van der Waals surface area contributed by atoms with Crippen molar-refractivity contribution >= 4 is 17.6 Å². The molecule has 7 heteroatoms. The molecule has 0 amide bonds. The van der Waals surface area contributed by atoms with Crippen LogP contribution in [0.2, 0.25) is 0 Å². The topological polar surface area (TPSA) is 84.9 Å². The summed E-state index contributed by atoms with van der Waals surface area (Å²) >= 11 is 0. The lowest BCUT2D eigenvalue weighted by atomic mass is 10.2. The summed E-state index contributed by atoms with van der Waals surface area (Å²) in [6, 6.07) is 3.20. The number of phenolic OH excluding ortho intramolecular Hbond substituents is 1. The first-order valence-electron chi connectivity index (χ1n) is 5.11. The van der Waals surface area contributed by atoms with Crippen LogP contribution in [0, 0.1) is 5.82 Å². The number of halogens is 1. The first kappa shape index (κ1) is 14.5. The summed E-state index contributed by atoms with van der Waals surface area (Å²) in [5, 5.41) is 11.6. The van der Waals surface area contributed by atoms with Gasteiger partial charge in [0.15, 0.2) is 0 Å². The molecule has 0 saturated heterocycles. The number of benzene rings is 1. The van der Waals surface area contributed by atoms with Gasteiger partial charge in [-0.3, -0.25) is 0 Å². The molecule has 0 aliphatic heterocycles. The first-order valence-corrected chi connectivity index (χ1v) is 5.11. The lowest BCUT2D eigenvalue weighted by Gasteiger charge is -2.10. The van der Waals surface area contributed by atoms with Crippen molar-refractivity contribution in [2.45, 2.75) is 0 Å². The van der Waals surface area contributed by atoms with Crippen LogP contribution in [0.1, 0.15) is 0 Å². The van der Waals surface area contributed by atoms with Crippen molar-refractivity contribution < 1.29 is 28.6 Å². The van der Waals surface area contributed by atoms with Crippen molar-refractivity contribution in [3.8, 4) is 5.75 Å². The molecule has 0 fully saturated rings. The number of ether oxygens (including phenoxy) is 2. The maximum Gasteiger partial charge on any atom is 0.354 e. The van der Waals surface area contributed by atoms with Crippen molar-refractivity contribution in [2.24, 2.45) is 0 Å². The zero-order chi connectivity index (χ0) is 14.4. The predicted octanol–water partition coefficient (Wildman–Crippen LogP) is 1.17. The van der Waals surface area contributed by atoms with E-state index in [0.717, 1.165) is 38.5 Å². The molecule has 0 bridgehead atoms. The number of hydrogen-bond acceptors (Lipinski definition) is 6. The maximum absolute atomic E-state index is 13.4. The van der Waals surface area contributed by atoms with Crippen molar-refractivity contribution in [3.63, 3.8) is 0 Å². The van der Waals surface area contributed by atoms with Gasteiger partial charge in [0.2, 0.25) is 0 Å². The van der Waals surface area contributed by atoms with Crippen LogP contribution in [-0.2, 0) is 19.1 Å². The molecule has 1 aromatic rings. The van der Waals surface area contributed by atoms with E-state index in [2.05, 4.69) is 14.8 Å². The van der Waals surface area contributed by atoms with E-state index in [0.29, 0.717) is 0 Å². The minimum atomic E-state index is -0.881. The molecule has 0 atom stereocenters. The van der Waals surface area contributed by atoms with Gasteiger partial charge in [0, 0.05) is 6.07 Å². The molecule has 102 valence electrons. The minimum Gasteiger partial charge on any atom is -0.508 e. The Morgan fingerprint density at radius 1 is 1.32 bits per heavy atom. The van der Waals surface area contributed by atoms with E-state index in [9.17, 15) is 19.1 Å². The number of anilines is 1. The SMILES string of the molecule is COC(=O)/C=C(/Nc1cc(O)ccc1F)C(=O)OC. The molecule has 0 aliphatic rings. The third kappa shape index (κ3) is 3.98. The van der Waals surface area contributed by atoms with Crippen LogP contribution in [0.15, 0.2) is 30.0 Å². The predicted molar refractivity (Wildman–Crippen MR) is 63.8 cm³/mol. The summed E-state index contributed by atoms with van der Waals surface area (Å²) in [5.74, 6) is -2.61. The first-order chi connectivity index (χ1) is 8.97. The molecule has 0 aliphatic carbocycles. The average molecular weight is 269 g/mol. The van der Waals surface area contributed by atoms with Gasteiger partial charge >= 0.3 is 11.9 Å². The average Bonchev–Trinajstić information content (AvgIpc) is 2.40. The van der Waals surface area contributed by atoms with Crippen molar-refractivity contribution in [3.05, 3.63) is 35.8 Å². The summed E-state index contributed by atoms with van der Waals surface area (Å²) in [7, 11) is 2.23. The second-order valence-corrected chi connectivity index (χ2v) is 3.36. The van der Waals surface area contributed by atoms with Gasteiger partial charge in [-0.1, -0.05) is 0 Å². The van der Waals surface area contributed by atoms with Gasteiger partial charge in [0.05, 0.1) is 26.0 Å². The zero-order valence-electron chi connectivity index (χ0n) is 10.3. The maximum atomic E-state index is 13.4. The van der Waals surface area contributed by atoms with Gasteiger partial charge in [-0.2, -0.15) is 0 Å². The monoisotopic (exact) mass is 269 g/mol. The molecular weight excluding hydrogens is 257 g/mol. The van der Waals surface area contributed by atoms with E-state index in [1.807, 2.05) is 0 Å². The number of rotatable bonds is 4. The number of hydrogen-bond donors (Lipinski definition) is 2. The molecule has 2 N–H and O–H groups in total. The Kier molecular flexibility index (Phi) is 4.87. The van der Waals surface area contributed by atoms with E-state index < -0.39 is 17.8 Å². The van der Waals surface area contributed by atoms with Crippen LogP contribution in [0.25, 0.3) is 0 Å². The van der Waals surface area contributed by atoms with Crippen molar-refractivity contribution in [1.82, 2.24) is 0 Å². The number of esters is 2. The quantitative estimate of drug-likeness (QED) is 0.630. The molecule has 0 unspecified atom stereocenters. The third-order valence-electron chi connectivity index (χ3n) is 2.09. The highest BCUT2D eigenvalue weighted by Gasteiger charge is 2.15. The molecule has 6 nitrogen and oxygen atoms in total. The molecule has 1 aromatic carbocycles. The van der Waals surface area contributed by atoms with E-state index in [-0.39, 0.29) is 17.1 Å². The van der Waals surface area contributed by atoms with E-state index in [1.165, 1.54) is 0 Å². The Labute approximate surface area is 108 Å². The summed E-state index contributed by atoms with van der Waals surface area (Å²) in [4.78, 5) is 22.5. The second-order valence-electron chi connectivity index (χ2n) is 3.36. The fourth-order valence-corrected chi connectivity index (χ4v) is 1.19. The van der Waals surface area contributed by atoms with Crippen LogP contribution < -0.4 is 5.32 Å². The fraction of sp³-hybridized carbons (Fsp3) is 0.167. The van der Waals surface area contributed by atoms with Crippen LogP contribution in [0.3, 0.4) is 0 Å². The Bertz CT molecular complexity index is 527. The summed E-state index contributed by atoms with van der Waals surface area (Å²) < 4.78 is 22.2. The molecule has 19 heavy (non-hydrogen) atoms. The number of aromatic hydroxyl groups is 1. The smallest absolute Gasteiger partial charge is 0.354 e. The Morgan fingerprint density at radius 2 is 2.00 bits per heavy atom. The van der Waals surface area contributed by atoms with Gasteiger partial charge in [0.1, 0.15) is 17.3 Å². The molecular formula is C12H12FNO5. The lowest BCUT2D eigenvalue weighted by molar-refractivity contribution is -0.138. The van der Waals surface area contributed by atoms with E-state index in [1.54, 1.807) is 0 Å². The highest BCUT2D eigenvalue weighted by atomic mass is 19.1. The number of carbonyl (C=O) groups is 2. The normalized spacial score (nSPS) is 10.8. The van der Waals surface area contributed by atoms with Gasteiger partial charge in [-0.25, -0.2) is 14.0 Å². The van der Waals surface area contributed by atoms with E-state index >= 15 is 0 Å². The Morgan fingerprint density at radius 3 is 2.58 bits per heavy atom. The number of phenols is 1. The van der Waals surface area contributed by atoms with Crippen LogP contribution >= 0.6 is 0 Å². The molecule has 0 heterocycles. The van der Waals surface area contributed by atoms with E-state index in [4.69, 9.17) is 0 Å². The van der Waals surface area contributed by atoms with Crippen LogP contribution in [-0.4, -0.2) is 31.3 Å². The van der Waals surface area contributed by atoms with Crippen LogP contribution in [0.4, 0.5) is 10.1 Å². The zero-order valence-corrected chi connectivity index (χ0v) is 10.3. The number of carbonyl (C=O) groups excluding carboxylic acids is 2. The largest absolute Gasteiger partial charge is 0.508 e. The van der Waals surface area contributed by atoms with Crippen LogP contribution in [0.5, 0.6) is 5.75 Å². The Hall–Kier alpha value is -2.57. The fourth-order valence-electron chi connectivity index (χ4n) is 1.19. The molecule has 1 rings (SSSR count). The number of methoxy groups -OCH3 is 2. The number of nitrogens with one attached hydrogen (secondary N) is 1. The summed E-state index contributed by atoms with van der Waals surface area (Å²) in [6.45, 7) is 0. The summed E-state index contributed by atoms with van der Waals surface area (Å²) in [5.41, 5.74) is -0.501. The summed E-state index contributed by atoms with van der Waals surface area (Å²) in [6.07, 6.45) is 0.815. The van der Waals surface area contributed by atoms with Gasteiger partial charge in [0.25, 0.3) is 0 Å². The highest BCUT2D eigenvalue weighted by molar-refractivity contribution is 5.98. The molecule has 0 radical (unpaired) electrons. The lowest BCUT2D eigenvalue weighted by Crippen LogP contribution is -2.16. The van der Waals surface area contributed by atoms with Crippen molar-refractivity contribution in [1.29, 1.82) is 0 Å². The minimum absolute atomic E-state index is 0.180. The van der Waals surface area contributed by atoms with Gasteiger partial charge in [-0.15, -0.1) is 0 Å². The second kappa shape index (κ2) is 6.39. The standard InChI is InChI=1S/C12H12FNO5/c1-18-11(16)6-10(12(17)19-2)14-9-5-7(15)3-4-8(9)13/h3-6,14-15H,1-2H3/b10-6+. The molecule has 0 aromatic heterocycles. The third-order valence-corrected chi connectivity index (χ3v) is 2.09. The molecule has 0 spiro atoms. The van der Waals surface area contributed by atoms with Gasteiger partial charge < -0.3 is 19.9 Å². The Balaban J connectivity index is 3.07. The highest BCUT2D eigenvalue weighted by Crippen LogP contribution is 2.21. The molecule has 0 saturated carbocycles.